The minimum absolute atomic E-state index is 0.293. The minimum atomic E-state index is 0.293. The zero-order valence-electron chi connectivity index (χ0n) is 12.4. The van der Waals surface area contributed by atoms with E-state index in [-0.39, 0.29) is 0 Å². The monoisotopic (exact) mass is 304 g/mol. The molecule has 3 nitrogen and oxygen atoms in total. The molecule has 1 aliphatic rings. The maximum atomic E-state index is 12.1. The number of fused-ring (bicyclic) bond motifs is 1. The van der Waals surface area contributed by atoms with Crippen molar-refractivity contribution in [3.63, 3.8) is 0 Å². The number of likely N-dealkylation sites (tertiary alicyclic amines) is 1. The number of hydrogen-bond acceptors (Lipinski definition) is 1. The van der Waals surface area contributed by atoms with Crippen LogP contribution in [0.4, 0.5) is 0 Å². The van der Waals surface area contributed by atoms with Crippen molar-refractivity contribution in [2.24, 2.45) is 0 Å². The maximum absolute atomic E-state index is 12.1. The Morgan fingerprint density at radius 1 is 1.43 bits per heavy atom. The zero-order valence-corrected chi connectivity index (χ0v) is 13.1. The summed E-state index contributed by atoms with van der Waals surface area (Å²) < 4.78 is 0. The van der Waals surface area contributed by atoms with Crippen molar-refractivity contribution in [2.45, 2.75) is 38.5 Å². The molecule has 0 bridgehead atoms. The lowest BCUT2D eigenvalue weighted by Crippen LogP contribution is -2.39. The Hall–Kier alpha value is -1.48. The standard InChI is InChI=1S/C17H21ClN2O/c1-2-4-17(21)20-8-3-5-12(11-20)16-10-13-9-14(18)6-7-15(13)19-16/h6-7,9-10,12,19H,2-5,8,11H2,1H3. The van der Waals surface area contributed by atoms with Gasteiger partial charge < -0.3 is 9.88 Å². The SMILES string of the molecule is CCCC(=O)N1CCCC(c2cc3cc(Cl)ccc3[nH]2)C1. The van der Waals surface area contributed by atoms with Crippen molar-refractivity contribution >= 4 is 28.4 Å². The summed E-state index contributed by atoms with van der Waals surface area (Å²) in [6.45, 7) is 3.79. The van der Waals surface area contributed by atoms with Gasteiger partial charge in [0.2, 0.25) is 5.91 Å². The summed E-state index contributed by atoms with van der Waals surface area (Å²) in [7, 11) is 0. The fourth-order valence-electron chi connectivity index (χ4n) is 3.18. The fraction of sp³-hybridized carbons (Fsp3) is 0.471. The Morgan fingerprint density at radius 3 is 3.10 bits per heavy atom. The molecule has 1 aromatic heterocycles. The molecule has 0 saturated carbocycles. The van der Waals surface area contributed by atoms with E-state index >= 15 is 0 Å². The lowest BCUT2D eigenvalue weighted by atomic mass is 9.94. The van der Waals surface area contributed by atoms with Crippen molar-refractivity contribution in [1.82, 2.24) is 9.88 Å². The molecular formula is C17H21ClN2O. The minimum Gasteiger partial charge on any atom is -0.358 e. The lowest BCUT2D eigenvalue weighted by Gasteiger charge is -2.32. The van der Waals surface area contributed by atoms with Crippen molar-refractivity contribution < 1.29 is 4.79 Å². The molecule has 1 aromatic carbocycles. The van der Waals surface area contributed by atoms with Crippen LogP contribution in [0.5, 0.6) is 0 Å². The molecule has 0 radical (unpaired) electrons. The smallest absolute Gasteiger partial charge is 0.222 e. The number of H-pyrrole nitrogens is 1. The Morgan fingerprint density at radius 2 is 2.29 bits per heavy atom. The first-order valence-electron chi connectivity index (χ1n) is 7.73. The highest BCUT2D eigenvalue weighted by Crippen LogP contribution is 2.30. The third kappa shape index (κ3) is 3.08. The first-order chi connectivity index (χ1) is 10.2. The number of piperidine rings is 1. The van der Waals surface area contributed by atoms with E-state index in [2.05, 4.69) is 18.0 Å². The van der Waals surface area contributed by atoms with Crippen LogP contribution in [0.2, 0.25) is 5.02 Å². The summed E-state index contributed by atoms with van der Waals surface area (Å²) in [5.41, 5.74) is 2.34. The summed E-state index contributed by atoms with van der Waals surface area (Å²) in [6.07, 6.45) is 3.80. The zero-order chi connectivity index (χ0) is 14.8. The number of benzene rings is 1. The molecule has 0 spiro atoms. The van der Waals surface area contributed by atoms with Crippen molar-refractivity contribution in [3.8, 4) is 0 Å². The highest BCUT2D eigenvalue weighted by atomic mass is 35.5. The Bertz CT molecular complexity index is 649. The third-order valence-corrected chi connectivity index (χ3v) is 4.52. The Kier molecular flexibility index (Phi) is 4.20. The van der Waals surface area contributed by atoms with Crippen LogP contribution in [0, 0.1) is 0 Å². The molecule has 1 atom stereocenters. The molecule has 21 heavy (non-hydrogen) atoms. The summed E-state index contributed by atoms with van der Waals surface area (Å²) >= 11 is 6.05. The van der Waals surface area contributed by atoms with Crippen LogP contribution in [-0.2, 0) is 4.79 Å². The number of aromatic amines is 1. The molecular weight excluding hydrogens is 284 g/mol. The lowest BCUT2D eigenvalue weighted by molar-refractivity contribution is -0.132. The number of halogens is 1. The molecule has 1 aliphatic heterocycles. The Labute approximate surface area is 130 Å². The van der Waals surface area contributed by atoms with Crippen LogP contribution in [0.25, 0.3) is 10.9 Å². The van der Waals surface area contributed by atoms with E-state index in [4.69, 9.17) is 11.6 Å². The number of nitrogens with one attached hydrogen (secondary N) is 1. The molecule has 3 rings (SSSR count). The van der Waals surface area contributed by atoms with Gasteiger partial charge in [0.05, 0.1) is 0 Å². The van der Waals surface area contributed by atoms with Gasteiger partial charge in [-0.3, -0.25) is 4.79 Å². The number of hydrogen-bond donors (Lipinski definition) is 1. The predicted molar refractivity (Wildman–Crippen MR) is 86.8 cm³/mol. The number of carbonyl (C=O) groups is 1. The van der Waals surface area contributed by atoms with Crippen LogP contribution in [0.15, 0.2) is 24.3 Å². The molecule has 1 amide bonds. The fourth-order valence-corrected chi connectivity index (χ4v) is 3.36. The van der Waals surface area contributed by atoms with Gasteiger partial charge in [-0.05, 0) is 43.5 Å². The molecule has 1 unspecified atom stereocenters. The predicted octanol–water partition coefficient (Wildman–Crippen LogP) is 4.33. The van der Waals surface area contributed by atoms with Gasteiger partial charge in [-0.25, -0.2) is 0 Å². The van der Waals surface area contributed by atoms with Crippen LogP contribution in [0.3, 0.4) is 0 Å². The highest BCUT2D eigenvalue weighted by molar-refractivity contribution is 6.31. The number of carbonyl (C=O) groups excluding carboxylic acids is 1. The second kappa shape index (κ2) is 6.10. The molecule has 0 aliphatic carbocycles. The van der Waals surface area contributed by atoms with Crippen molar-refractivity contribution in [2.75, 3.05) is 13.1 Å². The molecule has 1 saturated heterocycles. The topological polar surface area (TPSA) is 36.1 Å². The quantitative estimate of drug-likeness (QED) is 0.900. The van der Waals surface area contributed by atoms with Gasteiger partial charge in [0, 0.05) is 47.0 Å². The average Bonchev–Trinajstić information content (AvgIpc) is 2.90. The van der Waals surface area contributed by atoms with Gasteiger partial charge in [0.15, 0.2) is 0 Å². The van der Waals surface area contributed by atoms with E-state index in [1.54, 1.807) is 0 Å². The van der Waals surface area contributed by atoms with Crippen LogP contribution in [-0.4, -0.2) is 28.9 Å². The highest BCUT2D eigenvalue weighted by Gasteiger charge is 2.25. The van der Waals surface area contributed by atoms with Crippen LogP contribution >= 0.6 is 11.6 Å². The van der Waals surface area contributed by atoms with E-state index in [1.165, 1.54) is 5.69 Å². The van der Waals surface area contributed by atoms with Gasteiger partial charge in [-0.1, -0.05) is 18.5 Å². The molecule has 2 aromatic rings. The number of aromatic nitrogens is 1. The van der Waals surface area contributed by atoms with Crippen molar-refractivity contribution in [1.29, 1.82) is 0 Å². The molecule has 1 fully saturated rings. The van der Waals surface area contributed by atoms with E-state index in [1.807, 2.05) is 23.1 Å². The van der Waals surface area contributed by atoms with Gasteiger partial charge >= 0.3 is 0 Å². The van der Waals surface area contributed by atoms with E-state index in [0.29, 0.717) is 18.2 Å². The van der Waals surface area contributed by atoms with Crippen molar-refractivity contribution in [3.05, 3.63) is 35.0 Å². The average molecular weight is 305 g/mol. The number of amides is 1. The summed E-state index contributed by atoms with van der Waals surface area (Å²) in [6, 6.07) is 8.09. The Balaban J connectivity index is 1.79. The molecule has 2 heterocycles. The first-order valence-corrected chi connectivity index (χ1v) is 8.11. The second-order valence-electron chi connectivity index (χ2n) is 5.89. The molecule has 4 heteroatoms. The van der Waals surface area contributed by atoms with E-state index < -0.39 is 0 Å². The van der Waals surface area contributed by atoms with Crippen LogP contribution < -0.4 is 0 Å². The third-order valence-electron chi connectivity index (χ3n) is 4.28. The second-order valence-corrected chi connectivity index (χ2v) is 6.32. The summed E-state index contributed by atoms with van der Waals surface area (Å²) in [5.74, 6) is 0.701. The summed E-state index contributed by atoms with van der Waals surface area (Å²) in [5, 5.41) is 1.91. The normalized spacial score (nSPS) is 19.1. The van der Waals surface area contributed by atoms with Gasteiger partial charge in [0.1, 0.15) is 0 Å². The molecule has 112 valence electrons. The largest absolute Gasteiger partial charge is 0.358 e. The van der Waals surface area contributed by atoms with E-state index in [0.717, 1.165) is 48.3 Å². The molecule has 1 N–H and O–H groups in total. The van der Waals surface area contributed by atoms with Gasteiger partial charge in [-0.2, -0.15) is 0 Å². The van der Waals surface area contributed by atoms with E-state index in [9.17, 15) is 4.79 Å². The number of rotatable bonds is 3. The van der Waals surface area contributed by atoms with Crippen LogP contribution in [0.1, 0.15) is 44.2 Å². The number of nitrogens with zero attached hydrogens (tertiary/aromatic N) is 1. The van der Waals surface area contributed by atoms with Gasteiger partial charge in [-0.15, -0.1) is 0 Å². The summed E-state index contributed by atoms with van der Waals surface area (Å²) in [4.78, 5) is 17.6. The van der Waals surface area contributed by atoms with Gasteiger partial charge in [0.25, 0.3) is 0 Å². The first kappa shape index (κ1) is 14.5. The maximum Gasteiger partial charge on any atom is 0.222 e.